The Morgan fingerprint density at radius 1 is 1.22 bits per heavy atom. The van der Waals surface area contributed by atoms with Gasteiger partial charge in [-0.2, -0.15) is 10.1 Å². The number of aryl methyl sites for hydroxylation is 1. The van der Waals surface area contributed by atoms with Crippen LogP contribution in [0.25, 0.3) is 0 Å². The summed E-state index contributed by atoms with van der Waals surface area (Å²) in [4.78, 5) is 12.0. The molecule has 0 saturated carbocycles. The summed E-state index contributed by atoms with van der Waals surface area (Å²) in [7, 11) is 0. The molecule has 1 aromatic carbocycles. The van der Waals surface area contributed by atoms with E-state index in [0.29, 0.717) is 11.5 Å². The van der Waals surface area contributed by atoms with Gasteiger partial charge in [0.15, 0.2) is 0 Å². The van der Waals surface area contributed by atoms with Crippen LogP contribution in [0.2, 0.25) is 0 Å². The van der Waals surface area contributed by atoms with E-state index in [1.807, 2.05) is 37.3 Å². The lowest BCUT2D eigenvalue weighted by Gasteiger charge is -2.13. The SMILES string of the molecule is Cc1ccccc1N1N=C(c2ccco2)CC1=O. The number of hydrogen-bond donors (Lipinski definition) is 0. The summed E-state index contributed by atoms with van der Waals surface area (Å²) in [5.74, 6) is 0.620. The highest BCUT2D eigenvalue weighted by Gasteiger charge is 2.28. The third-order valence-corrected chi connectivity index (χ3v) is 2.92. The van der Waals surface area contributed by atoms with Crippen LogP contribution in [0.3, 0.4) is 0 Å². The van der Waals surface area contributed by atoms with Crippen LogP contribution < -0.4 is 5.01 Å². The first-order valence-corrected chi connectivity index (χ1v) is 5.75. The van der Waals surface area contributed by atoms with Gasteiger partial charge in [-0.3, -0.25) is 4.79 Å². The molecule has 2 heterocycles. The highest BCUT2D eigenvalue weighted by molar-refractivity contribution is 6.18. The fraction of sp³-hybridized carbons (Fsp3) is 0.143. The summed E-state index contributed by atoms with van der Waals surface area (Å²) in [5.41, 5.74) is 2.52. The molecule has 0 fully saturated rings. The molecule has 1 aliphatic rings. The predicted octanol–water partition coefficient (Wildman–Crippen LogP) is 2.73. The van der Waals surface area contributed by atoms with E-state index in [-0.39, 0.29) is 12.3 Å². The van der Waals surface area contributed by atoms with Gasteiger partial charge in [-0.15, -0.1) is 0 Å². The highest BCUT2D eigenvalue weighted by atomic mass is 16.3. The molecule has 0 unspecified atom stereocenters. The Balaban J connectivity index is 1.99. The second kappa shape index (κ2) is 4.14. The number of carbonyl (C=O) groups is 1. The van der Waals surface area contributed by atoms with Crippen LogP contribution in [-0.4, -0.2) is 11.6 Å². The normalized spacial score (nSPS) is 15.1. The van der Waals surface area contributed by atoms with E-state index in [1.165, 1.54) is 5.01 Å². The zero-order valence-electron chi connectivity index (χ0n) is 9.96. The van der Waals surface area contributed by atoms with Crippen molar-refractivity contribution in [3.63, 3.8) is 0 Å². The molecule has 1 aliphatic heterocycles. The van der Waals surface area contributed by atoms with E-state index >= 15 is 0 Å². The maximum atomic E-state index is 12.0. The first kappa shape index (κ1) is 10.8. The van der Waals surface area contributed by atoms with Crippen molar-refractivity contribution in [3.8, 4) is 0 Å². The van der Waals surface area contributed by atoms with E-state index in [9.17, 15) is 4.79 Å². The lowest BCUT2D eigenvalue weighted by molar-refractivity contribution is -0.116. The Kier molecular flexibility index (Phi) is 2.48. The molecule has 1 amide bonds. The zero-order valence-corrected chi connectivity index (χ0v) is 9.96. The summed E-state index contributed by atoms with van der Waals surface area (Å²) in [6.07, 6.45) is 1.86. The number of nitrogens with zero attached hydrogens (tertiary/aromatic N) is 2. The largest absolute Gasteiger partial charge is 0.463 e. The molecular formula is C14H12N2O2. The predicted molar refractivity (Wildman–Crippen MR) is 68.5 cm³/mol. The van der Waals surface area contributed by atoms with E-state index in [1.54, 1.807) is 12.3 Å². The minimum atomic E-state index is -0.0318. The number of benzene rings is 1. The first-order valence-electron chi connectivity index (χ1n) is 5.75. The number of carbonyl (C=O) groups excluding carboxylic acids is 1. The zero-order chi connectivity index (χ0) is 12.5. The molecule has 0 radical (unpaired) electrons. The van der Waals surface area contributed by atoms with Gasteiger partial charge in [0.25, 0.3) is 5.91 Å². The van der Waals surface area contributed by atoms with Crippen molar-refractivity contribution in [2.45, 2.75) is 13.3 Å². The van der Waals surface area contributed by atoms with Gasteiger partial charge >= 0.3 is 0 Å². The van der Waals surface area contributed by atoms with E-state index in [2.05, 4.69) is 5.10 Å². The van der Waals surface area contributed by atoms with E-state index in [0.717, 1.165) is 11.3 Å². The molecule has 2 aromatic rings. The van der Waals surface area contributed by atoms with Crippen LogP contribution in [0, 0.1) is 6.92 Å². The van der Waals surface area contributed by atoms with Crippen molar-refractivity contribution in [2.75, 3.05) is 5.01 Å². The summed E-state index contributed by atoms with van der Waals surface area (Å²) >= 11 is 0. The Hall–Kier alpha value is -2.36. The van der Waals surface area contributed by atoms with E-state index < -0.39 is 0 Å². The van der Waals surface area contributed by atoms with Crippen LogP contribution in [0.15, 0.2) is 52.2 Å². The third-order valence-electron chi connectivity index (χ3n) is 2.92. The fourth-order valence-corrected chi connectivity index (χ4v) is 2.00. The van der Waals surface area contributed by atoms with Crippen molar-refractivity contribution < 1.29 is 9.21 Å². The average Bonchev–Trinajstić information content (AvgIpc) is 2.99. The van der Waals surface area contributed by atoms with Crippen LogP contribution in [0.5, 0.6) is 0 Å². The lowest BCUT2D eigenvalue weighted by Crippen LogP contribution is -2.20. The van der Waals surface area contributed by atoms with Crippen molar-refractivity contribution >= 4 is 17.3 Å². The van der Waals surface area contributed by atoms with Gasteiger partial charge in [-0.05, 0) is 30.7 Å². The molecule has 0 N–H and O–H groups in total. The van der Waals surface area contributed by atoms with Crippen LogP contribution in [0.4, 0.5) is 5.69 Å². The van der Waals surface area contributed by atoms with Gasteiger partial charge in [0, 0.05) is 0 Å². The maximum absolute atomic E-state index is 12.0. The van der Waals surface area contributed by atoms with E-state index in [4.69, 9.17) is 4.42 Å². The Labute approximate surface area is 105 Å². The van der Waals surface area contributed by atoms with Gasteiger partial charge < -0.3 is 4.42 Å². The number of para-hydroxylation sites is 1. The molecule has 4 heteroatoms. The molecule has 1 aromatic heterocycles. The summed E-state index contributed by atoms with van der Waals surface area (Å²) in [5, 5.41) is 5.80. The number of anilines is 1. The topological polar surface area (TPSA) is 45.8 Å². The Morgan fingerprint density at radius 2 is 2.06 bits per heavy atom. The molecule has 18 heavy (non-hydrogen) atoms. The quantitative estimate of drug-likeness (QED) is 0.810. The molecule has 0 atom stereocenters. The molecule has 3 rings (SSSR count). The summed E-state index contributed by atoms with van der Waals surface area (Å²) in [6, 6.07) is 11.3. The van der Waals surface area contributed by atoms with Crippen LogP contribution in [0.1, 0.15) is 17.7 Å². The minimum absolute atomic E-state index is 0.0318. The molecule has 0 spiro atoms. The van der Waals surface area contributed by atoms with Gasteiger partial charge in [0.2, 0.25) is 0 Å². The van der Waals surface area contributed by atoms with Crippen LogP contribution in [-0.2, 0) is 4.79 Å². The number of hydrogen-bond acceptors (Lipinski definition) is 3. The first-order chi connectivity index (χ1) is 8.75. The second-order valence-corrected chi connectivity index (χ2v) is 4.19. The molecule has 0 bridgehead atoms. The van der Waals surface area contributed by atoms with Crippen molar-refractivity contribution in [1.29, 1.82) is 0 Å². The maximum Gasteiger partial charge on any atom is 0.253 e. The number of furan rings is 1. The standard InChI is InChI=1S/C14H12N2O2/c1-10-5-2-3-6-12(10)16-14(17)9-11(15-16)13-7-4-8-18-13/h2-8H,9H2,1H3. The minimum Gasteiger partial charge on any atom is -0.463 e. The summed E-state index contributed by atoms with van der Waals surface area (Å²) < 4.78 is 5.27. The smallest absolute Gasteiger partial charge is 0.253 e. The lowest BCUT2D eigenvalue weighted by atomic mass is 10.2. The molecular weight excluding hydrogens is 228 g/mol. The van der Waals surface area contributed by atoms with Crippen molar-refractivity contribution in [1.82, 2.24) is 0 Å². The molecule has 4 nitrogen and oxygen atoms in total. The van der Waals surface area contributed by atoms with Gasteiger partial charge in [-0.1, -0.05) is 18.2 Å². The highest BCUT2D eigenvalue weighted by Crippen LogP contribution is 2.25. The number of amides is 1. The monoisotopic (exact) mass is 240 g/mol. The van der Waals surface area contributed by atoms with Gasteiger partial charge in [0.1, 0.15) is 11.5 Å². The van der Waals surface area contributed by atoms with Crippen molar-refractivity contribution in [2.24, 2.45) is 5.10 Å². The molecule has 0 saturated heterocycles. The number of rotatable bonds is 2. The molecule has 90 valence electrons. The second-order valence-electron chi connectivity index (χ2n) is 4.19. The fourth-order valence-electron chi connectivity index (χ4n) is 2.00. The van der Waals surface area contributed by atoms with Gasteiger partial charge in [0.05, 0.1) is 18.4 Å². The third kappa shape index (κ3) is 1.72. The summed E-state index contributed by atoms with van der Waals surface area (Å²) in [6.45, 7) is 1.96. The number of hydrazone groups is 1. The van der Waals surface area contributed by atoms with Crippen molar-refractivity contribution in [3.05, 3.63) is 54.0 Å². The van der Waals surface area contributed by atoms with Crippen LogP contribution >= 0.6 is 0 Å². The van der Waals surface area contributed by atoms with Gasteiger partial charge in [-0.25, -0.2) is 0 Å². The Morgan fingerprint density at radius 3 is 2.78 bits per heavy atom. The molecule has 0 aliphatic carbocycles. The Bertz CT molecular complexity index is 614. The average molecular weight is 240 g/mol.